The van der Waals surface area contributed by atoms with Crippen LogP contribution in [0, 0.1) is 5.82 Å². The second-order valence-electron chi connectivity index (χ2n) is 7.97. The number of nitrogens with zero attached hydrogens (tertiary/aromatic N) is 1. The Bertz CT molecular complexity index is 782. The highest BCUT2D eigenvalue weighted by molar-refractivity contribution is 5.88. The zero-order valence-electron chi connectivity index (χ0n) is 17.0. The van der Waals surface area contributed by atoms with Crippen LogP contribution in [0.15, 0.2) is 54.6 Å². The van der Waals surface area contributed by atoms with E-state index in [2.05, 4.69) is 5.32 Å². The van der Waals surface area contributed by atoms with E-state index in [0.717, 1.165) is 11.1 Å². The van der Waals surface area contributed by atoms with Gasteiger partial charge in [-0.2, -0.15) is 0 Å². The molecule has 0 spiro atoms. The van der Waals surface area contributed by atoms with Crippen LogP contribution in [0.1, 0.15) is 45.2 Å². The smallest absolute Gasteiger partial charge is 0.243 e. The topological polar surface area (TPSA) is 49.4 Å². The summed E-state index contributed by atoms with van der Waals surface area (Å²) < 4.78 is 13.3. The van der Waals surface area contributed by atoms with Crippen molar-refractivity contribution in [2.45, 2.75) is 58.7 Å². The van der Waals surface area contributed by atoms with Gasteiger partial charge in [0.2, 0.25) is 11.8 Å². The summed E-state index contributed by atoms with van der Waals surface area (Å²) in [6.07, 6.45) is 0.699. The Hall–Kier alpha value is -2.69. The van der Waals surface area contributed by atoms with E-state index in [-0.39, 0.29) is 30.6 Å². The van der Waals surface area contributed by atoms with E-state index < -0.39 is 11.6 Å². The first-order valence-corrected chi connectivity index (χ1v) is 9.59. The van der Waals surface area contributed by atoms with Crippen LogP contribution in [0.2, 0.25) is 0 Å². The molecule has 0 heterocycles. The van der Waals surface area contributed by atoms with Gasteiger partial charge in [-0.25, -0.2) is 4.39 Å². The molecule has 0 fully saturated rings. The summed E-state index contributed by atoms with van der Waals surface area (Å²) in [6.45, 7) is 7.87. The highest BCUT2D eigenvalue weighted by atomic mass is 19.1. The van der Waals surface area contributed by atoms with Crippen molar-refractivity contribution in [3.05, 3.63) is 71.5 Å². The maximum atomic E-state index is 13.3. The lowest BCUT2D eigenvalue weighted by Gasteiger charge is -2.33. The van der Waals surface area contributed by atoms with E-state index in [1.165, 1.54) is 12.1 Å². The first-order valence-electron chi connectivity index (χ1n) is 9.59. The molecule has 28 heavy (non-hydrogen) atoms. The van der Waals surface area contributed by atoms with Gasteiger partial charge in [0.15, 0.2) is 0 Å². The number of benzene rings is 2. The van der Waals surface area contributed by atoms with Gasteiger partial charge in [0.25, 0.3) is 0 Å². The van der Waals surface area contributed by atoms with Crippen molar-refractivity contribution in [1.82, 2.24) is 10.2 Å². The molecule has 2 rings (SSSR count). The van der Waals surface area contributed by atoms with Crippen LogP contribution < -0.4 is 5.32 Å². The van der Waals surface area contributed by atoms with E-state index in [1.54, 1.807) is 17.0 Å². The SMILES string of the molecule is CCC(C(=O)NC(C)(C)C)N(Cc1ccc(F)cc1)C(=O)Cc1ccccc1. The average Bonchev–Trinajstić information content (AvgIpc) is 2.62. The number of hydrogen-bond donors (Lipinski definition) is 1. The molecular weight excluding hydrogens is 355 g/mol. The molecule has 4 nitrogen and oxygen atoms in total. The summed E-state index contributed by atoms with van der Waals surface area (Å²) >= 11 is 0. The second-order valence-corrected chi connectivity index (χ2v) is 7.97. The monoisotopic (exact) mass is 384 g/mol. The molecule has 150 valence electrons. The highest BCUT2D eigenvalue weighted by Gasteiger charge is 2.30. The fourth-order valence-electron chi connectivity index (χ4n) is 3.03. The molecule has 0 aromatic heterocycles. The zero-order chi connectivity index (χ0) is 20.7. The van der Waals surface area contributed by atoms with E-state index in [0.29, 0.717) is 6.42 Å². The van der Waals surface area contributed by atoms with Gasteiger partial charge in [-0.1, -0.05) is 49.4 Å². The summed E-state index contributed by atoms with van der Waals surface area (Å²) in [7, 11) is 0. The van der Waals surface area contributed by atoms with Crippen LogP contribution in [-0.2, 0) is 22.6 Å². The third kappa shape index (κ3) is 6.48. The molecule has 0 aliphatic heterocycles. The highest BCUT2D eigenvalue weighted by Crippen LogP contribution is 2.16. The minimum atomic E-state index is -0.597. The van der Waals surface area contributed by atoms with E-state index >= 15 is 0 Å². The quantitative estimate of drug-likeness (QED) is 0.782. The van der Waals surface area contributed by atoms with Crippen molar-refractivity contribution < 1.29 is 14.0 Å². The normalized spacial score (nSPS) is 12.3. The molecule has 0 saturated carbocycles. The van der Waals surface area contributed by atoms with Gasteiger partial charge in [-0.15, -0.1) is 0 Å². The Morgan fingerprint density at radius 1 is 1.00 bits per heavy atom. The van der Waals surface area contributed by atoms with Crippen LogP contribution in [0.5, 0.6) is 0 Å². The number of halogens is 1. The Labute approximate surface area is 166 Å². The van der Waals surface area contributed by atoms with Crippen LogP contribution in [0.3, 0.4) is 0 Å². The predicted octanol–water partition coefficient (Wildman–Crippen LogP) is 4.09. The maximum Gasteiger partial charge on any atom is 0.243 e. The summed E-state index contributed by atoms with van der Waals surface area (Å²) in [5.41, 5.74) is 1.28. The number of hydrogen-bond acceptors (Lipinski definition) is 2. The Balaban J connectivity index is 2.28. The van der Waals surface area contributed by atoms with Crippen molar-refractivity contribution in [2.24, 2.45) is 0 Å². The minimum Gasteiger partial charge on any atom is -0.350 e. The van der Waals surface area contributed by atoms with Crippen molar-refractivity contribution in [1.29, 1.82) is 0 Å². The molecule has 2 amide bonds. The molecule has 0 bridgehead atoms. The summed E-state index contributed by atoms with van der Waals surface area (Å²) in [4.78, 5) is 27.6. The van der Waals surface area contributed by atoms with Crippen molar-refractivity contribution >= 4 is 11.8 Å². The van der Waals surface area contributed by atoms with Gasteiger partial charge in [0.1, 0.15) is 11.9 Å². The minimum absolute atomic E-state index is 0.133. The third-order valence-electron chi connectivity index (χ3n) is 4.35. The summed E-state index contributed by atoms with van der Waals surface area (Å²) in [5.74, 6) is -0.645. The number of nitrogens with one attached hydrogen (secondary N) is 1. The van der Waals surface area contributed by atoms with Gasteiger partial charge in [0, 0.05) is 12.1 Å². The molecule has 0 aliphatic carbocycles. The van der Waals surface area contributed by atoms with E-state index in [9.17, 15) is 14.0 Å². The van der Waals surface area contributed by atoms with Gasteiger partial charge in [-0.05, 0) is 50.5 Å². The summed E-state index contributed by atoms with van der Waals surface area (Å²) in [6, 6.07) is 14.9. The molecule has 0 radical (unpaired) electrons. The van der Waals surface area contributed by atoms with Crippen molar-refractivity contribution in [3.8, 4) is 0 Å². The Morgan fingerprint density at radius 3 is 2.14 bits per heavy atom. The Morgan fingerprint density at radius 2 is 1.61 bits per heavy atom. The maximum absolute atomic E-state index is 13.3. The molecular formula is C23H29FN2O2. The lowest BCUT2D eigenvalue weighted by molar-refractivity contribution is -0.141. The fourth-order valence-corrected chi connectivity index (χ4v) is 3.03. The number of rotatable bonds is 7. The average molecular weight is 384 g/mol. The molecule has 1 unspecified atom stereocenters. The molecule has 0 aliphatic rings. The molecule has 2 aromatic rings. The number of amides is 2. The predicted molar refractivity (Wildman–Crippen MR) is 109 cm³/mol. The van der Waals surface area contributed by atoms with E-state index in [1.807, 2.05) is 58.0 Å². The lowest BCUT2D eigenvalue weighted by Crippen LogP contribution is -2.53. The number of carbonyl (C=O) groups is 2. The fraction of sp³-hybridized carbons (Fsp3) is 0.391. The Kier molecular flexibility index (Phi) is 7.32. The lowest BCUT2D eigenvalue weighted by atomic mass is 10.0. The standard InChI is InChI=1S/C23H29FN2O2/c1-5-20(22(28)25-23(2,3)4)26(16-18-11-13-19(24)14-12-18)21(27)15-17-9-7-6-8-10-17/h6-14,20H,5,15-16H2,1-4H3,(H,25,28). The molecule has 1 atom stereocenters. The number of carbonyl (C=O) groups excluding carboxylic acids is 2. The van der Waals surface area contributed by atoms with Crippen LogP contribution in [0.4, 0.5) is 4.39 Å². The zero-order valence-corrected chi connectivity index (χ0v) is 17.0. The van der Waals surface area contributed by atoms with Crippen LogP contribution >= 0.6 is 0 Å². The van der Waals surface area contributed by atoms with Gasteiger partial charge >= 0.3 is 0 Å². The van der Waals surface area contributed by atoms with Crippen LogP contribution in [-0.4, -0.2) is 28.3 Å². The van der Waals surface area contributed by atoms with E-state index in [4.69, 9.17) is 0 Å². The van der Waals surface area contributed by atoms with Crippen molar-refractivity contribution in [3.63, 3.8) is 0 Å². The molecule has 2 aromatic carbocycles. The molecule has 0 saturated heterocycles. The summed E-state index contributed by atoms with van der Waals surface area (Å²) in [5, 5.41) is 2.97. The second kappa shape index (κ2) is 9.49. The van der Waals surface area contributed by atoms with Crippen molar-refractivity contribution in [2.75, 3.05) is 0 Å². The first-order chi connectivity index (χ1) is 13.2. The van der Waals surface area contributed by atoms with Gasteiger partial charge in [0.05, 0.1) is 6.42 Å². The molecule has 5 heteroatoms. The third-order valence-corrected chi connectivity index (χ3v) is 4.35. The first kappa shape index (κ1) is 21.6. The van der Waals surface area contributed by atoms with Gasteiger partial charge < -0.3 is 10.2 Å². The van der Waals surface area contributed by atoms with Gasteiger partial charge in [-0.3, -0.25) is 9.59 Å². The van der Waals surface area contributed by atoms with Crippen LogP contribution in [0.25, 0.3) is 0 Å². The molecule has 1 N–H and O–H groups in total. The largest absolute Gasteiger partial charge is 0.350 e.